The van der Waals surface area contributed by atoms with Gasteiger partial charge in [0.05, 0.1) is 11.7 Å². The van der Waals surface area contributed by atoms with E-state index >= 15 is 0 Å². The second-order valence-electron chi connectivity index (χ2n) is 6.25. The first-order valence-electron chi connectivity index (χ1n) is 7.97. The Balaban J connectivity index is 2.00. The Labute approximate surface area is 143 Å². The molecule has 0 bridgehead atoms. The van der Waals surface area contributed by atoms with Crippen LogP contribution in [-0.2, 0) is 10.0 Å². The second kappa shape index (κ2) is 6.49. The summed E-state index contributed by atoms with van der Waals surface area (Å²) in [7, 11) is 0.374. The summed E-state index contributed by atoms with van der Waals surface area (Å²) in [5.74, 6) is 0. The zero-order valence-electron chi connectivity index (χ0n) is 14.2. The highest BCUT2D eigenvalue weighted by molar-refractivity contribution is 7.89. The van der Waals surface area contributed by atoms with Gasteiger partial charge in [0.2, 0.25) is 10.0 Å². The fourth-order valence-electron chi connectivity index (χ4n) is 3.06. The summed E-state index contributed by atoms with van der Waals surface area (Å²) >= 11 is 0. The van der Waals surface area contributed by atoms with Crippen molar-refractivity contribution in [2.45, 2.75) is 30.7 Å². The lowest BCUT2D eigenvalue weighted by atomic mass is 10.1. The number of rotatable bonds is 4. The van der Waals surface area contributed by atoms with Gasteiger partial charge in [0.1, 0.15) is 4.90 Å². The van der Waals surface area contributed by atoms with Crippen molar-refractivity contribution in [3.8, 4) is 0 Å². The van der Waals surface area contributed by atoms with E-state index in [1.54, 1.807) is 22.6 Å². The second-order valence-corrected chi connectivity index (χ2v) is 8.14. The predicted octanol–water partition coefficient (Wildman–Crippen LogP) is 2.38. The van der Waals surface area contributed by atoms with Crippen molar-refractivity contribution in [1.82, 2.24) is 14.3 Å². The Hall–Kier alpha value is -1.99. The predicted molar refractivity (Wildman–Crippen MR) is 93.4 cm³/mol. The molecular weight excluding hydrogens is 324 g/mol. The van der Waals surface area contributed by atoms with Gasteiger partial charge in [-0.15, -0.1) is 0 Å². The van der Waals surface area contributed by atoms with E-state index in [-0.39, 0.29) is 10.9 Å². The van der Waals surface area contributed by atoms with Crippen LogP contribution in [0.5, 0.6) is 0 Å². The highest BCUT2D eigenvalue weighted by Gasteiger charge is 2.37. The first-order valence-corrected chi connectivity index (χ1v) is 9.41. The van der Waals surface area contributed by atoms with Crippen molar-refractivity contribution in [3.63, 3.8) is 0 Å². The summed E-state index contributed by atoms with van der Waals surface area (Å²) in [6, 6.07) is 6.99. The van der Waals surface area contributed by atoms with Crippen molar-refractivity contribution in [1.29, 1.82) is 0 Å². The number of nitrogens with zero attached hydrogens (tertiary/aromatic N) is 4. The summed E-state index contributed by atoms with van der Waals surface area (Å²) in [6.45, 7) is 2.44. The SMILES string of the molecule is Cc1cc(N(C)C)cc(C2CCCN2S(=O)(=O)c2cccnc2)n1. The molecule has 0 saturated carbocycles. The van der Waals surface area contributed by atoms with Gasteiger partial charge in [-0.25, -0.2) is 8.42 Å². The van der Waals surface area contributed by atoms with Crippen LogP contribution in [0.2, 0.25) is 0 Å². The molecule has 2 aromatic heterocycles. The Kier molecular flexibility index (Phi) is 4.56. The van der Waals surface area contributed by atoms with Crippen molar-refractivity contribution >= 4 is 15.7 Å². The molecule has 1 aliphatic heterocycles. The molecule has 1 unspecified atom stereocenters. The topological polar surface area (TPSA) is 66.4 Å². The van der Waals surface area contributed by atoms with E-state index < -0.39 is 10.0 Å². The van der Waals surface area contributed by atoms with Gasteiger partial charge in [0.25, 0.3) is 0 Å². The molecule has 0 N–H and O–H groups in total. The van der Waals surface area contributed by atoms with Crippen LogP contribution in [0, 0.1) is 6.92 Å². The Morgan fingerprint density at radius 1 is 1.29 bits per heavy atom. The average molecular weight is 346 g/mol. The van der Waals surface area contributed by atoms with E-state index in [4.69, 9.17) is 0 Å². The molecule has 2 aromatic rings. The van der Waals surface area contributed by atoms with Crippen LogP contribution >= 0.6 is 0 Å². The molecule has 0 amide bonds. The van der Waals surface area contributed by atoms with Crippen LogP contribution in [0.25, 0.3) is 0 Å². The smallest absolute Gasteiger partial charge is 0.245 e. The maximum Gasteiger partial charge on any atom is 0.245 e. The third kappa shape index (κ3) is 3.14. The number of aromatic nitrogens is 2. The van der Waals surface area contributed by atoms with E-state index in [9.17, 15) is 8.42 Å². The number of pyridine rings is 2. The van der Waals surface area contributed by atoms with Crippen molar-refractivity contribution in [2.24, 2.45) is 0 Å². The molecule has 0 radical (unpaired) electrons. The Morgan fingerprint density at radius 2 is 2.08 bits per heavy atom. The maximum atomic E-state index is 13.0. The van der Waals surface area contributed by atoms with Crippen molar-refractivity contribution in [3.05, 3.63) is 48.0 Å². The monoisotopic (exact) mass is 346 g/mol. The largest absolute Gasteiger partial charge is 0.378 e. The summed E-state index contributed by atoms with van der Waals surface area (Å²) in [5, 5.41) is 0. The number of hydrogen-bond acceptors (Lipinski definition) is 5. The molecule has 7 heteroatoms. The third-order valence-corrected chi connectivity index (χ3v) is 6.15. The first kappa shape index (κ1) is 16.9. The highest BCUT2D eigenvalue weighted by Crippen LogP contribution is 2.36. The molecule has 1 aliphatic rings. The van der Waals surface area contributed by atoms with Gasteiger partial charge >= 0.3 is 0 Å². The molecule has 1 fully saturated rings. The number of aryl methyl sites for hydroxylation is 1. The van der Waals surface area contributed by atoms with Crippen LogP contribution in [0.15, 0.2) is 41.6 Å². The third-order valence-electron chi connectivity index (χ3n) is 4.26. The normalized spacial score (nSPS) is 18.7. The Morgan fingerprint density at radius 3 is 2.75 bits per heavy atom. The molecular formula is C17H22N4O2S. The van der Waals surface area contributed by atoms with E-state index in [2.05, 4.69) is 9.97 Å². The van der Waals surface area contributed by atoms with Gasteiger partial charge in [-0.3, -0.25) is 9.97 Å². The van der Waals surface area contributed by atoms with Crippen LogP contribution in [0.4, 0.5) is 5.69 Å². The number of sulfonamides is 1. The lowest BCUT2D eigenvalue weighted by Gasteiger charge is -2.25. The standard InChI is InChI=1S/C17H22N4O2S/c1-13-10-14(20(2)3)11-16(19-13)17-7-5-9-21(17)24(22,23)15-6-4-8-18-12-15/h4,6,8,10-12,17H,5,7,9H2,1-3H3. The van der Waals surface area contributed by atoms with Crippen molar-refractivity contribution < 1.29 is 8.42 Å². The zero-order chi connectivity index (χ0) is 17.3. The average Bonchev–Trinajstić information content (AvgIpc) is 3.05. The lowest BCUT2D eigenvalue weighted by molar-refractivity contribution is 0.390. The first-order chi connectivity index (χ1) is 11.4. The number of anilines is 1. The van der Waals surface area contributed by atoms with Gasteiger partial charge in [-0.2, -0.15) is 4.31 Å². The fourth-order valence-corrected chi connectivity index (χ4v) is 4.70. The highest BCUT2D eigenvalue weighted by atomic mass is 32.2. The number of hydrogen-bond donors (Lipinski definition) is 0. The molecule has 6 nitrogen and oxygen atoms in total. The van der Waals surface area contributed by atoms with Crippen molar-refractivity contribution in [2.75, 3.05) is 25.5 Å². The molecule has 24 heavy (non-hydrogen) atoms. The van der Waals surface area contributed by atoms with Gasteiger partial charge in [0.15, 0.2) is 0 Å². The van der Waals surface area contributed by atoms with Gasteiger partial charge < -0.3 is 4.90 Å². The minimum absolute atomic E-state index is 0.228. The van der Waals surface area contributed by atoms with Gasteiger partial charge in [-0.1, -0.05) is 0 Å². The summed E-state index contributed by atoms with van der Waals surface area (Å²) in [4.78, 5) is 10.8. The summed E-state index contributed by atoms with van der Waals surface area (Å²) in [6.07, 6.45) is 4.59. The lowest BCUT2D eigenvalue weighted by Crippen LogP contribution is -2.31. The molecule has 3 rings (SSSR count). The minimum atomic E-state index is -3.56. The molecule has 128 valence electrons. The van der Waals surface area contributed by atoms with E-state index in [1.807, 2.05) is 38.1 Å². The molecule has 3 heterocycles. The van der Waals surface area contributed by atoms with Gasteiger partial charge in [0, 0.05) is 44.4 Å². The fraction of sp³-hybridized carbons (Fsp3) is 0.412. The van der Waals surface area contributed by atoms with Gasteiger partial charge in [-0.05, 0) is 44.0 Å². The molecule has 1 atom stereocenters. The van der Waals surface area contributed by atoms with Crippen LogP contribution in [0.3, 0.4) is 0 Å². The summed E-state index contributed by atoms with van der Waals surface area (Å²) in [5.41, 5.74) is 2.73. The van der Waals surface area contributed by atoms with E-state index in [0.717, 1.165) is 29.9 Å². The van der Waals surface area contributed by atoms with E-state index in [1.165, 1.54) is 6.20 Å². The van der Waals surface area contributed by atoms with Crippen LogP contribution in [0.1, 0.15) is 30.3 Å². The molecule has 1 saturated heterocycles. The molecule has 0 aliphatic carbocycles. The Bertz CT molecular complexity index is 822. The minimum Gasteiger partial charge on any atom is -0.378 e. The quantitative estimate of drug-likeness (QED) is 0.850. The maximum absolute atomic E-state index is 13.0. The molecule has 0 spiro atoms. The van der Waals surface area contributed by atoms with E-state index in [0.29, 0.717) is 6.54 Å². The summed E-state index contributed by atoms with van der Waals surface area (Å²) < 4.78 is 27.5. The van der Waals surface area contributed by atoms with Crippen LogP contribution < -0.4 is 4.90 Å². The zero-order valence-corrected chi connectivity index (χ0v) is 15.0. The molecule has 0 aromatic carbocycles. The van der Waals surface area contributed by atoms with Crippen LogP contribution in [-0.4, -0.2) is 43.3 Å².